The van der Waals surface area contributed by atoms with Crippen molar-refractivity contribution in [1.82, 2.24) is 0 Å². The number of phenols is 1. The fourth-order valence-corrected chi connectivity index (χ4v) is 4.00. The number of hydrogen-bond donors (Lipinski definition) is 1. The quantitative estimate of drug-likeness (QED) is 0.864. The molecular formula is C20H28O3. The lowest BCUT2D eigenvalue weighted by Crippen LogP contribution is -2.27. The fraction of sp³-hybridized carbons (Fsp3) is 0.650. The first kappa shape index (κ1) is 16.4. The Morgan fingerprint density at radius 2 is 2.09 bits per heavy atom. The lowest BCUT2D eigenvalue weighted by atomic mass is 9.79. The highest BCUT2D eigenvalue weighted by Gasteiger charge is 2.42. The van der Waals surface area contributed by atoms with Gasteiger partial charge in [-0.25, -0.2) is 0 Å². The minimum atomic E-state index is -0.382. The predicted octanol–water partition coefficient (Wildman–Crippen LogP) is 4.85. The summed E-state index contributed by atoms with van der Waals surface area (Å²) in [5, 5.41) is 10.6. The second kappa shape index (κ2) is 6.18. The van der Waals surface area contributed by atoms with E-state index in [1.54, 1.807) is 0 Å². The van der Waals surface area contributed by atoms with Gasteiger partial charge < -0.3 is 9.84 Å². The number of unbranched alkanes of at least 4 members (excludes halogenated alkanes) is 1. The topological polar surface area (TPSA) is 46.5 Å². The van der Waals surface area contributed by atoms with Crippen molar-refractivity contribution in [2.45, 2.75) is 83.2 Å². The van der Waals surface area contributed by atoms with Gasteiger partial charge >= 0.3 is 0 Å². The number of carbonyl (C=O) groups excluding carboxylic acids is 1. The second-order valence-corrected chi connectivity index (χ2v) is 7.75. The Labute approximate surface area is 139 Å². The van der Waals surface area contributed by atoms with Crippen molar-refractivity contribution in [3.05, 3.63) is 23.3 Å². The standard InChI is InChI=1S/C20H28O3/c1-4-5-10-20(2,3)13-11-16(22)18-14-8-6-7-9-15(21)19(14)23-17(18)12-13/h11-12,14,19,22H,4-10H2,1-3H3. The molecule has 126 valence electrons. The average molecular weight is 316 g/mol. The molecule has 1 aromatic carbocycles. The molecular weight excluding hydrogens is 288 g/mol. The molecule has 3 nitrogen and oxygen atoms in total. The zero-order valence-electron chi connectivity index (χ0n) is 14.5. The lowest BCUT2D eigenvalue weighted by molar-refractivity contribution is -0.125. The highest BCUT2D eigenvalue weighted by molar-refractivity contribution is 5.86. The van der Waals surface area contributed by atoms with Crippen LogP contribution in [0.25, 0.3) is 0 Å². The van der Waals surface area contributed by atoms with Crippen molar-refractivity contribution in [1.29, 1.82) is 0 Å². The summed E-state index contributed by atoms with van der Waals surface area (Å²) in [7, 11) is 0. The zero-order chi connectivity index (χ0) is 16.6. The molecule has 1 aliphatic carbocycles. The third-order valence-corrected chi connectivity index (χ3v) is 5.55. The van der Waals surface area contributed by atoms with Crippen molar-refractivity contribution in [2.24, 2.45) is 0 Å². The van der Waals surface area contributed by atoms with E-state index in [4.69, 9.17) is 4.74 Å². The number of benzene rings is 1. The fourth-order valence-electron chi connectivity index (χ4n) is 4.00. The molecule has 0 saturated heterocycles. The van der Waals surface area contributed by atoms with E-state index < -0.39 is 0 Å². The van der Waals surface area contributed by atoms with Gasteiger partial charge in [0.05, 0.1) is 0 Å². The molecule has 0 spiro atoms. The summed E-state index contributed by atoms with van der Waals surface area (Å²) >= 11 is 0. The molecule has 0 aromatic heterocycles. The van der Waals surface area contributed by atoms with Crippen LogP contribution in [0.5, 0.6) is 11.5 Å². The number of ketones is 1. The third-order valence-electron chi connectivity index (χ3n) is 5.55. The molecule has 3 rings (SSSR count). The maximum absolute atomic E-state index is 12.3. The highest BCUT2D eigenvalue weighted by atomic mass is 16.5. The molecule has 1 aliphatic heterocycles. The molecule has 2 unspecified atom stereocenters. The summed E-state index contributed by atoms with van der Waals surface area (Å²) in [5.41, 5.74) is 1.96. The number of carbonyl (C=O) groups is 1. The Morgan fingerprint density at radius 3 is 2.83 bits per heavy atom. The molecule has 1 heterocycles. The van der Waals surface area contributed by atoms with Crippen LogP contribution in [-0.2, 0) is 10.2 Å². The Morgan fingerprint density at radius 1 is 1.30 bits per heavy atom. The third kappa shape index (κ3) is 2.98. The first-order valence-corrected chi connectivity index (χ1v) is 9.01. The molecule has 1 saturated carbocycles. The number of aromatic hydroxyl groups is 1. The molecule has 2 atom stereocenters. The predicted molar refractivity (Wildman–Crippen MR) is 91.3 cm³/mol. The van der Waals surface area contributed by atoms with Crippen LogP contribution in [0.4, 0.5) is 0 Å². The van der Waals surface area contributed by atoms with Gasteiger partial charge in [0.25, 0.3) is 0 Å². The van der Waals surface area contributed by atoms with Gasteiger partial charge in [-0.2, -0.15) is 0 Å². The summed E-state index contributed by atoms with van der Waals surface area (Å²) in [6, 6.07) is 3.96. The minimum Gasteiger partial charge on any atom is -0.508 e. The van der Waals surface area contributed by atoms with Crippen molar-refractivity contribution in [2.75, 3.05) is 0 Å². The molecule has 2 aliphatic rings. The Kier molecular flexibility index (Phi) is 4.39. The Balaban J connectivity index is 1.95. The molecule has 0 radical (unpaired) electrons. The number of fused-ring (bicyclic) bond motifs is 3. The number of rotatable bonds is 4. The van der Waals surface area contributed by atoms with Gasteiger partial charge in [0.2, 0.25) is 0 Å². The molecule has 1 N–H and O–H groups in total. The molecule has 1 aromatic rings. The van der Waals surface area contributed by atoms with E-state index >= 15 is 0 Å². The van der Waals surface area contributed by atoms with Crippen LogP contribution >= 0.6 is 0 Å². The van der Waals surface area contributed by atoms with Crippen LogP contribution in [0.2, 0.25) is 0 Å². The lowest BCUT2D eigenvalue weighted by Gasteiger charge is -2.26. The maximum Gasteiger partial charge on any atom is 0.173 e. The van der Waals surface area contributed by atoms with E-state index in [9.17, 15) is 9.90 Å². The van der Waals surface area contributed by atoms with Crippen molar-refractivity contribution in [3.63, 3.8) is 0 Å². The van der Waals surface area contributed by atoms with Crippen LogP contribution in [0, 0.1) is 0 Å². The van der Waals surface area contributed by atoms with E-state index in [0.717, 1.165) is 55.4 Å². The summed E-state index contributed by atoms with van der Waals surface area (Å²) in [6.07, 6.45) is 6.51. The van der Waals surface area contributed by atoms with E-state index in [0.29, 0.717) is 12.2 Å². The number of Topliss-reactive ketones (excluding diaryl/α,β-unsaturated/α-hetero) is 1. The zero-order valence-corrected chi connectivity index (χ0v) is 14.5. The minimum absolute atomic E-state index is 0.000536. The van der Waals surface area contributed by atoms with Crippen LogP contribution in [0.3, 0.4) is 0 Å². The first-order valence-electron chi connectivity index (χ1n) is 9.01. The summed E-state index contributed by atoms with van der Waals surface area (Å²) in [4.78, 5) is 12.3. The summed E-state index contributed by atoms with van der Waals surface area (Å²) in [5.74, 6) is 1.27. The van der Waals surface area contributed by atoms with Gasteiger partial charge in [-0.05, 0) is 42.4 Å². The van der Waals surface area contributed by atoms with Gasteiger partial charge in [0.1, 0.15) is 11.5 Å². The van der Waals surface area contributed by atoms with Crippen LogP contribution in [-0.4, -0.2) is 17.0 Å². The van der Waals surface area contributed by atoms with Crippen LogP contribution in [0.15, 0.2) is 12.1 Å². The molecule has 3 heteroatoms. The largest absolute Gasteiger partial charge is 0.508 e. The van der Waals surface area contributed by atoms with Gasteiger partial charge in [-0.1, -0.05) is 40.0 Å². The second-order valence-electron chi connectivity index (χ2n) is 7.75. The highest BCUT2D eigenvalue weighted by Crippen LogP contribution is 2.49. The van der Waals surface area contributed by atoms with E-state index in [1.807, 2.05) is 6.07 Å². The SMILES string of the molecule is CCCCC(C)(C)c1cc(O)c2c(c1)OC1C(=O)CCCCC21. The normalized spacial score (nSPS) is 23.9. The number of phenolic OH excluding ortho intramolecular Hbond substituents is 1. The maximum atomic E-state index is 12.3. The van der Waals surface area contributed by atoms with Gasteiger partial charge in [-0.15, -0.1) is 0 Å². The smallest absolute Gasteiger partial charge is 0.173 e. The molecule has 0 amide bonds. The number of ether oxygens (including phenoxy) is 1. The average Bonchev–Trinajstić information content (AvgIpc) is 2.79. The van der Waals surface area contributed by atoms with Crippen molar-refractivity contribution in [3.8, 4) is 11.5 Å². The van der Waals surface area contributed by atoms with Gasteiger partial charge in [0.15, 0.2) is 11.9 Å². The van der Waals surface area contributed by atoms with E-state index in [1.165, 1.54) is 0 Å². The van der Waals surface area contributed by atoms with E-state index in [2.05, 4.69) is 26.8 Å². The van der Waals surface area contributed by atoms with Crippen molar-refractivity contribution >= 4 is 5.78 Å². The monoisotopic (exact) mass is 316 g/mol. The van der Waals surface area contributed by atoms with Gasteiger partial charge in [0, 0.05) is 17.9 Å². The number of hydrogen-bond acceptors (Lipinski definition) is 3. The van der Waals surface area contributed by atoms with E-state index in [-0.39, 0.29) is 23.2 Å². The van der Waals surface area contributed by atoms with Crippen molar-refractivity contribution < 1.29 is 14.6 Å². The van der Waals surface area contributed by atoms with Crippen LogP contribution < -0.4 is 4.74 Å². The summed E-state index contributed by atoms with van der Waals surface area (Å²) < 4.78 is 6.01. The van der Waals surface area contributed by atoms with Gasteiger partial charge in [-0.3, -0.25) is 4.79 Å². The Bertz CT molecular complexity index is 603. The van der Waals surface area contributed by atoms with Crippen LogP contribution in [0.1, 0.15) is 82.8 Å². The molecule has 0 bridgehead atoms. The Hall–Kier alpha value is -1.51. The first-order chi connectivity index (χ1) is 10.9. The molecule has 23 heavy (non-hydrogen) atoms. The molecule has 1 fully saturated rings. The summed E-state index contributed by atoms with van der Waals surface area (Å²) in [6.45, 7) is 6.61.